The molecule has 2 N–H and O–H groups in total. The summed E-state index contributed by atoms with van der Waals surface area (Å²) in [6, 6.07) is 3.75. The zero-order valence-electron chi connectivity index (χ0n) is 7.23. The molecule has 3 heteroatoms. The third-order valence-electron chi connectivity index (χ3n) is 1.81. The van der Waals surface area contributed by atoms with Crippen LogP contribution in [0.4, 0.5) is 0 Å². The van der Waals surface area contributed by atoms with Crippen LogP contribution in [0, 0.1) is 6.92 Å². The van der Waals surface area contributed by atoms with Crippen molar-refractivity contribution in [3.63, 3.8) is 0 Å². The summed E-state index contributed by atoms with van der Waals surface area (Å²) >= 11 is 5.92. The molecular weight excluding hydrogens is 174 g/mol. The number of rotatable bonds is 2. The summed E-state index contributed by atoms with van der Waals surface area (Å²) in [7, 11) is 1.62. The second-order valence-electron chi connectivity index (χ2n) is 2.58. The third-order valence-corrected chi connectivity index (χ3v) is 2.16. The molecule has 0 heterocycles. The van der Waals surface area contributed by atoms with Crippen LogP contribution in [0.25, 0.3) is 0 Å². The molecule has 0 saturated carbocycles. The molecular formula is C9H12ClNO. The van der Waals surface area contributed by atoms with Gasteiger partial charge < -0.3 is 10.5 Å². The van der Waals surface area contributed by atoms with E-state index < -0.39 is 0 Å². The van der Waals surface area contributed by atoms with Crippen LogP contribution in [0.1, 0.15) is 11.1 Å². The van der Waals surface area contributed by atoms with Crippen molar-refractivity contribution in [1.82, 2.24) is 0 Å². The molecule has 1 aromatic rings. The molecule has 0 aliphatic rings. The van der Waals surface area contributed by atoms with Gasteiger partial charge in [0.15, 0.2) is 0 Å². The molecule has 0 bridgehead atoms. The van der Waals surface area contributed by atoms with Gasteiger partial charge in [0.25, 0.3) is 0 Å². The summed E-state index contributed by atoms with van der Waals surface area (Å²) in [5.41, 5.74) is 7.46. The van der Waals surface area contributed by atoms with Crippen LogP contribution >= 0.6 is 11.6 Å². The molecule has 0 saturated heterocycles. The average molecular weight is 186 g/mol. The number of aryl methyl sites for hydroxylation is 1. The van der Waals surface area contributed by atoms with E-state index >= 15 is 0 Å². The summed E-state index contributed by atoms with van der Waals surface area (Å²) in [5, 5.41) is 0.667. The Morgan fingerprint density at radius 3 is 2.58 bits per heavy atom. The van der Waals surface area contributed by atoms with E-state index in [9.17, 15) is 0 Å². The van der Waals surface area contributed by atoms with Crippen molar-refractivity contribution >= 4 is 11.6 Å². The Hall–Kier alpha value is -0.730. The number of benzene rings is 1. The first-order chi connectivity index (χ1) is 5.70. The first kappa shape index (κ1) is 9.36. The SMILES string of the molecule is COc1c(C)ccc(Cl)c1CN. The van der Waals surface area contributed by atoms with Crippen molar-refractivity contribution in [1.29, 1.82) is 0 Å². The van der Waals surface area contributed by atoms with E-state index in [1.807, 2.05) is 19.1 Å². The molecule has 0 fully saturated rings. The zero-order valence-corrected chi connectivity index (χ0v) is 7.98. The van der Waals surface area contributed by atoms with Crippen molar-refractivity contribution < 1.29 is 4.74 Å². The Kier molecular flexibility index (Phi) is 2.95. The molecule has 0 unspecified atom stereocenters. The number of halogens is 1. The largest absolute Gasteiger partial charge is 0.496 e. The lowest BCUT2D eigenvalue weighted by atomic mass is 10.1. The van der Waals surface area contributed by atoms with Gasteiger partial charge >= 0.3 is 0 Å². The highest BCUT2D eigenvalue weighted by molar-refractivity contribution is 6.31. The first-order valence-electron chi connectivity index (χ1n) is 3.72. The molecule has 12 heavy (non-hydrogen) atoms. The van der Waals surface area contributed by atoms with E-state index in [0.29, 0.717) is 11.6 Å². The Morgan fingerprint density at radius 2 is 2.17 bits per heavy atom. The fraction of sp³-hybridized carbons (Fsp3) is 0.333. The fourth-order valence-corrected chi connectivity index (χ4v) is 1.42. The minimum absolute atomic E-state index is 0.406. The summed E-state index contributed by atoms with van der Waals surface area (Å²) in [6.07, 6.45) is 0. The molecule has 1 aromatic carbocycles. The number of hydrogen-bond donors (Lipinski definition) is 1. The lowest BCUT2D eigenvalue weighted by Gasteiger charge is -2.10. The fourth-order valence-electron chi connectivity index (χ4n) is 1.20. The zero-order chi connectivity index (χ0) is 9.14. The highest BCUT2D eigenvalue weighted by Gasteiger charge is 2.08. The van der Waals surface area contributed by atoms with Crippen LogP contribution in [0.2, 0.25) is 5.02 Å². The first-order valence-corrected chi connectivity index (χ1v) is 4.10. The minimum atomic E-state index is 0.406. The Morgan fingerprint density at radius 1 is 1.50 bits per heavy atom. The Bertz CT molecular complexity index is 257. The van der Waals surface area contributed by atoms with Crippen LogP contribution in [0.3, 0.4) is 0 Å². The van der Waals surface area contributed by atoms with Crippen LogP contribution < -0.4 is 10.5 Å². The number of ether oxygens (including phenoxy) is 1. The van der Waals surface area contributed by atoms with Crippen molar-refractivity contribution in [2.24, 2.45) is 5.73 Å². The summed E-state index contributed by atoms with van der Waals surface area (Å²) in [6.45, 7) is 2.37. The van der Waals surface area contributed by atoms with Gasteiger partial charge in [-0.3, -0.25) is 0 Å². The molecule has 2 nitrogen and oxygen atoms in total. The minimum Gasteiger partial charge on any atom is -0.496 e. The van der Waals surface area contributed by atoms with Gasteiger partial charge in [-0.2, -0.15) is 0 Å². The van der Waals surface area contributed by atoms with Crippen LogP contribution in [0.15, 0.2) is 12.1 Å². The van der Waals surface area contributed by atoms with Crippen LogP contribution in [0.5, 0.6) is 5.75 Å². The maximum Gasteiger partial charge on any atom is 0.127 e. The van der Waals surface area contributed by atoms with E-state index in [1.54, 1.807) is 7.11 Å². The topological polar surface area (TPSA) is 35.2 Å². The van der Waals surface area contributed by atoms with E-state index in [0.717, 1.165) is 16.9 Å². The number of methoxy groups -OCH3 is 1. The normalized spacial score (nSPS) is 10.0. The highest BCUT2D eigenvalue weighted by Crippen LogP contribution is 2.29. The summed E-state index contributed by atoms with van der Waals surface area (Å²) in [5.74, 6) is 0.796. The number of hydrogen-bond acceptors (Lipinski definition) is 2. The highest BCUT2D eigenvalue weighted by atomic mass is 35.5. The summed E-state index contributed by atoms with van der Waals surface area (Å²) < 4.78 is 5.18. The quantitative estimate of drug-likeness (QED) is 0.766. The molecule has 0 aliphatic heterocycles. The predicted octanol–water partition coefficient (Wildman–Crippen LogP) is 2.12. The van der Waals surface area contributed by atoms with Crippen molar-refractivity contribution in [2.45, 2.75) is 13.5 Å². The van der Waals surface area contributed by atoms with Crippen molar-refractivity contribution in [2.75, 3.05) is 7.11 Å². The van der Waals surface area contributed by atoms with Gasteiger partial charge in [0.1, 0.15) is 5.75 Å². The van der Waals surface area contributed by atoms with Crippen molar-refractivity contribution in [3.8, 4) is 5.75 Å². The van der Waals surface area contributed by atoms with E-state index in [4.69, 9.17) is 22.1 Å². The van der Waals surface area contributed by atoms with E-state index in [-0.39, 0.29) is 0 Å². The number of nitrogens with two attached hydrogens (primary N) is 1. The monoisotopic (exact) mass is 185 g/mol. The Labute approximate surface area is 77.3 Å². The standard InChI is InChI=1S/C9H12ClNO/c1-6-3-4-8(10)7(5-11)9(6)12-2/h3-4H,5,11H2,1-2H3. The van der Waals surface area contributed by atoms with Gasteiger partial charge in [-0.1, -0.05) is 17.7 Å². The van der Waals surface area contributed by atoms with Crippen LogP contribution in [-0.4, -0.2) is 7.11 Å². The Balaban J connectivity index is 3.28. The maximum absolute atomic E-state index is 5.92. The predicted molar refractivity (Wildman–Crippen MR) is 50.6 cm³/mol. The lowest BCUT2D eigenvalue weighted by Crippen LogP contribution is -2.02. The molecule has 1 rings (SSSR count). The van der Waals surface area contributed by atoms with Gasteiger partial charge in [-0.25, -0.2) is 0 Å². The average Bonchev–Trinajstić information content (AvgIpc) is 2.08. The molecule has 0 amide bonds. The van der Waals surface area contributed by atoms with E-state index in [1.165, 1.54) is 0 Å². The van der Waals surface area contributed by atoms with Gasteiger partial charge in [0.2, 0.25) is 0 Å². The maximum atomic E-state index is 5.92. The summed E-state index contributed by atoms with van der Waals surface area (Å²) in [4.78, 5) is 0. The molecule has 0 radical (unpaired) electrons. The second-order valence-corrected chi connectivity index (χ2v) is 2.99. The smallest absolute Gasteiger partial charge is 0.127 e. The lowest BCUT2D eigenvalue weighted by molar-refractivity contribution is 0.407. The van der Waals surface area contributed by atoms with Gasteiger partial charge in [-0.05, 0) is 18.6 Å². The molecule has 66 valence electrons. The molecule has 0 aliphatic carbocycles. The molecule has 0 aromatic heterocycles. The van der Waals surface area contributed by atoms with Gasteiger partial charge in [-0.15, -0.1) is 0 Å². The molecule has 0 spiro atoms. The van der Waals surface area contributed by atoms with Crippen molar-refractivity contribution in [3.05, 3.63) is 28.3 Å². The van der Waals surface area contributed by atoms with E-state index in [2.05, 4.69) is 0 Å². The van der Waals surface area contributed by atoms with Gasteiger partial charge in [0.05, 0.1) is 7.11 Å². The van der Waals surface area contributed by atoms with Gasteiger partial charge in [0, 0.05) is 17.1 Å². The molecule has 0 atom stereocenters. The van der Waals surface area contributed by atoms with Crippen LogP contribution in [-0.2, 0) is 6.54 Å². The third kappa shape index (κ3) is 1.54. The second kappa shape index (κ2) is 3.78.